The summed E-state index contributed by atoms with van der Waals surface area (Å²) < 4.78 is 10.2. The molecule has 72 valence electrons. The van der Waals surface area contributed by atoms with Gasteiger partial charge in [-0.15, -0.1) is 5.10 Å². The molecule has 14 heavy (non-hydrogen) atoms. The zero-order valence-electron chi connectivity index (χ0n) is 8.02. The van der Waals surface area contributed by atoms with Crippen molar-refractivity contribution in [3.63, 3.8) is 0 Å². The molecule has 0 saturated heterocycles. The predicted octanol–water partition coefficient (Wildman–Crippen LogP) is 1.65. The average molecular weight is 190 g/mol. The Balaban J connectivity index is 2.70. The number of ether oxygens (including phenoxy) is 2. The van der Waals surface area contributed by atoms with Crippen LogP contribution in [0.25, 0.3) is 10.8 Å². The van der Waals surface area contributed by atoms with E-state index in [1.165, 1.54) is 0 Å². The normalized spacial score (nSPS) is 10.1. The van der Waals surface area contributed by atoms with Gasteiger partial charge in [-0.3, -0.25) is 0 Å². The maximum absolute atomic E-state index is 5.12. The van der Waals surface area contributed by atoms with E-state index in [1.54, 1.807) is 20.4 Å². The molecule has 0 bridgehead atoms. The summed E-state index contributed by atoms with van der Waals surface area (Å²) in [6.45, 7) is 0. The summed E-state index contributed by atoms with van der Waals surface area (Å²) in [6.07, 6.45) is 1.69. The summed E-state index contributed by atoms with van der Waals surface area (Å²) in [5.41, 5.74) is 0. The first-order valence-corrected chi connectivity index (χ1v) is 4.18. The molecule has 0 spiro atoms. The molecule has 0 N–H and O–H groups in total. The van der Waals surface area contributed by atoms with Gasteiger partial charge in [-0.25, -0.2) is 0 Å². The minimum atomic E-state index is 0.515. The van der Waals surface area contributed by atoms with E-state index < -0.39 is 0 Å². The fraction of sp³-hybridized carbons (Fsp3) is 0.200. The lowest BCUT2D eigenvalue weighted by Gasteiger charge is -2.04. The van der Waals surface area contributed by atoms with E-state index in [2.05, 4.69) is 10.2 Å². The molecule has 0 atom stereocenters. The number of rotatable bonds is 2. The molecule has 0 radical (unpaired) electrons. The molecule has 1 aromatic carbocycles. The molecule has 0 fully saturated rings. The highest BCUT2D eigenvalue weighted by molar-refractivity contribution is 5.87. The van der Waals surface area contributed by atoms with E-state index in [1.807, 2.05) is 18.2 Å². The minimum Gasteiger partial charge on any atom is -0.497 e. The largest absolute Gasteiger partial charge is 0.497 e. The highest BCUT2D eigenvalue weighted by atomic mass is 16.5. The van der Waals surface area contributed by atoms with Gasteiger partial charge < -0.3 is 9.47 Å². The van der Waals surface area contributed by atoms with Crippen LogP contribution in [0.2, 0.25) is 0 Å². The summed E-state index contributed by atoms with van der Waals surface area (Å²) >= 11 is 0. The number of hydrogen-bond donors (Lipinski definition) is 0. The number of fused-ring (bicyclic) bond motifs is 1. The molecule has 4 heteroatoms. The number of methoxy groups -OCH3 is 2. The van der Waals surface area contributed by atoms with Crippen LogP contribution in [0.3, 0.4) is 0 Å². The van der Waals surface area contributed by atoms with Gasteiger partial charge in [0, 0.05) is 5.39 Å². The van der Waals surface area contributed by atoms with E-state index in [-0.39, 0.29) is 0 Å². The third-order valence-electron chi connectivity index (χ3n) is 2.03. The van der Waals surface area contributed by atoms with Gasteiger partial charge in [-0.1, -0.05) is 0 Å². The van der Waals surface area contributed by atoms with Gasteiger partial charge in [0.25, 0.3) is 0 Å². The number of aromatic nitrogens is 2. The fourth-order valence-corrected chi connectivity index (χ4v) is 1.31. The zero-order chi connectivity index (χ0) is 9.97. The Bertz CT molecular complexity index is 457. The van der Waals surface area contributed by atoms with Crippen LogP contribution in [0.5, 0.6) is 11.6 Å². The molecule has 0 aliphatic rings. The van der Waals surface area contributed by atoms with Gasteiger partial charge in [-0.05, 0) is 18.2 Å². The summed E-state index contributed by atoms with van der Waals surface area (Å²) in [7, 11) is 3.20. The summed E-state index contributed by atoms with van der Waals surface area (Å²) in [4.78, 5) is 0. The molecule has 1 aromatic heterocycles. The Hall–Kier alpha value is -1.84. The Labute approximate surface area is 81.5 Å². The Morgan fingerprint density at radius 1 is 1.14 bits per heavy atom. The van der Waals surface area contributed by atoms with Crippen LogP contribution in [-0.2, 0) is 0 Å². The predicted molar refractivity (Wildman–Crippen MR) is 52.6 cm³/mol. The van der Waals surface area contributed by atoms with Crippen LogP contribution in [0.15, 0.2) is 24.4 Å². The highest BCUT2D eigenvalue weighted by Gasteiger charge is 2.04. The van der Waals surface area contributed by atoms with Gasteiger partial charge in [0.1, 0.15) is 5.75 Å². The van der Waals surface area contributed by atoms with Crippen LogP contribution in [0.4, 0.5) is 0 Å². The summed E-state index contributed by atoms with van der Waals surface area (Å²) in [5, 5.41) is 9.58. The van der Waals surface area contributed by atoms with Crippen LogP contribution in [0, 0.1) is 0 Å². The van der Waals surface area contributed by atoms with Crippen molar-refractivity contribution in [3.8, 4) is 11.6 Å². The molecular formula is C10H10N2O2. The van der Waals surface area contributed by atoms with Crippen LogP contribution >= 0.6 is 0 Å². The molecule has 2 aromatic rings. The van der Waals surface area contributed by atoms with Gasteiger partial charge in [-0.2, -0.15) is 5.10 Å². The molecule has 0 unspecified atom stereocenters. The van der Waals surface area contributed by atoms with E-state index in [0.717, 1.165) is 16.5 Å². The molecule has 4 nitrogen and oxygen atoms in total. The number of hydrogen-bond acceptors (Lipinski definition) is 4. The second-order valence-corrected chi connectivity index (χ2v) is 2.81. The minimum absolute atomic E-state index is 0.515. The Morgan fingerprint density at radius 2 is 2.00 bits per heavy atom. The molecule has 2 rings (SSSR count). The smallest absolute Gasteiger partial charge is 0.241 e. The SMILES string of the molecule is COc1ccc2cnnc(OC)c2c1. The first kappa shape index (κ1) is 8.74. The second kappa shape index (κ2) is 3.49. The quantitative estimate of drug-likeness (QED) is 0.722. The molecule has 0 aliphatic carbocycles. The topological polar surface area (TPSA) is 44.2 Å². The van der Waals surface area contributed by atoms with Crippen LogP contribution in [0.1, 0.15) is 0 Å². The third-order valence-corrected chi connectivity index (χ3v) is 2.03. The highest BCUT2D eigenvalue weighted by Crippen LogP contribution is 2.25. The maximum atomic E-state index is 5.12. The third kappa shape index (κ3) is 1.35. The molecular weight excluding hydrogens is 180 g/mol. The molecule has 0 saturated carbocycles. The van der Waals surface area contributed by atoms with Crippen molar-refractivity contribution in [1.82, 2.24) is 10.2 Å². The standard InChI is InChI=1S/C10H10N2O2/c1-13-8-4-3-7-6-11-12-10(14-2)9(7)5-8/h3-6H,1-2H3. The number of benzene rings is 1. The molecule has 0 amide bonds. The van der Waals surface area contributed by atoms with E-state index >= 15 is 0 Å². The lowest BCUT2D eigenvalue weighted by Crippen LogP contribution is -1.92. The van der Waals surface area contributed by atoms with Crippen molar-refractivity contribution >= 4 is 10.8 Å². The fourth-order valence-electron chi connectivity index (χ4n) is 1.31. The van der Waals surface area contributed by atoms with Crippen molar-refractivity contribution in [2.45, 2.75) is 0 Å². The molecule has 0 aliphatic heterocycles. The Morgan fingerprint density at radius 3 is 2.71 bits per heavy atom. The maximum Gasteiger partial charge on any atom is 0.241 e. The van der Waals surface area contributed by atoms with Gasteiger partial charge in [0.15, 0.2) is 0 Å². The first-order valence-electron chi connectivity index (χ1n) is 4.18. The van der Waals surface area contributed by atoms with Crippen molar-refractivity contribution in [2.75, 3.05) is 14.2 Å². The Kier molecular flexibility index (Phi) is 2.18. The van der Waals surface area contributed by atoms with Crippen LogP contribution in [-0.4, -0.2) is 24.4 Å². The zero-order valence-corrected chi connectivity index (χ0v) is 8.02. The monoisotopic (exact) mass is 190 g/mol. The van der Waals surface area contributed by atoms with Crippen molar-refractivity contribution < 1.29 is 9.47 Å². The van der Waals surface area contributed by atoms with Gasteiger partial charge >= 0.3 is 0 Å². The second-order valence-electron chi connectivity index (χ2n) is 2.81. The average Bonchev–Trinajstić information content (AvgIpc) is 2.27. The summed E-state index contributed by atoms with van der Waals surface area (Å²) in [6, 6.07) is 5.68. The summed E-state index contributed by atoms with van der Waals surface area (Å²) in [5.74, 6) is 1.30. The van der Waals surface area contributed by atoms with Crippen molar-refractivity contribution in [2.24, 2.45) is 0 Å². The van der Waals surface area contributed by atoms with E-state index in [9.17, 15) is 0 Å². The lowest BCUT2D eigenvalue weighted by molar-refractivity contribution is 0.396. The molecule has 1 heterocycles. The van der Waals surface area contributed by atoms with Gasteiger partial charge in [0.2, 0.25) is 5.88 Å². The van der Waals surface area contributed by atoms with Gasteiger partial charge in [0.05, 0.1) is 25.8 Å². The lowest BCUT2D eigenvalue weighted by atomic mass is 10.2. The van der Waals surface area contributed by atoms with E-state index in [0.29, 0.717) is 5.88 Å². The first-order chi connectivity index (χ1) is 6.85. The van der Waals surface area contributed by atoms with Crippen LogP contribution < -0.4 is 9.47 Å². The number of nitrogens with zero attached hydrogens (tertiary/aromatic N) is 2. The van der Waals surface area contributed by atoms with E-state index in [4.69, 9.17) is 9.47 Å². The van der Waals surface area contributed by atoms with Crippen molar-refractivity contribution in [3.05, 3.63) is 24.4 Å². The van der Waals surface area contributed by atoms with Crippen molar-refractivity contribution in [1.29, 1.82) is 0 Å².